The summed E-state index contributed by atoms with van der Waals surface area (Å²) in [5.74, 6) is 0. The van der Waals surface area contributed by atoms with E-state index in [0.29, 0.717) is 0 Å². The number of nitrogens with zero attached hydrogens (tertiary/aromatic N) is 1. The summed E-state index contributed by atoms with van der Waals surface area (Å²) in [5.41, 5.74) is 3.72. The van der Waals surface area contributed by atoms with E-state index >= 15 is 0 Å². The van der Waals surface area contributed by atoms with E-state index in [-0.39, 0.29) is 0 Å². The summed E-state index contributed by atoms with van der Waals surface area (Å²) >= 11 is 0. The van der Waals surface area contributed by atoms with E-state index in [0.717, 1.165) is 0 Å². The van der Waals surface area contributed by atoms with Gasteiger partial charge in [0.2, 0.25) is 0 Å². The first-order chi connectivity index (χ1) is 14.4. The molecule has 1 aromatic heterocycles. The van der Waals surface area contributed by atoms with E-state index in [2.05, 4.69) is 108 Å². The zero-order valence-corrected chi connectivity index (χ0v) is 15.8. The highest BCUT2D eigenvalue weighted by Crippen LogP contribution is 2.42. The second-order valence-electron chi connectivity index (χ2n) is 7.81. The number of hydrogen-bond donors (Lipinski definition) is 0. The SMILES string of the molecule is c1ccc(-n2c3ccccc3c3c4ccc5cccc6ccc(cc32)c4c65)cc1. The molecule has 7 rings (SSSR count). The molecule has 1 nitrogen and oxygen atoms in total. The zero-order valence-electron chi connectivity index (χ0n) is 15.8. The first kappa shape index (κ1) is 15.1. The van der Waals surface area contributed by atoms with Gasteiger partial charge in [0, 0.05) is 16.5 Å². The minimum absolute atomic E-state index is 1.20. The van der Waals surface area contributed by atoms with E-state index < -0.39 is 0 Å². The maximum atomic E-state index is 2.40. The molecule has 1 heterocycles. The van der Waals surface area contributed by atoms with Crippen LogP contribution in [0.15, 0.2) is 103 Å². The number of benzene rings is 6. The highest BCUT2D eigenvalue weighted by atomic mass is 15.0. The molecule has 0 N–H and O–H groups in total. The Kier molecular flexibility index (Phi) is 2.80. The number of rotatable bonds is 1. The molecule has 6 aromatic carbocycles. The minimum atomic E-state index is 1.20. The van der Waals surface area contributed by atoms with Crippen LogP contribution in [0, 0.1) is 0 Å². The number of fused-ring (bicyclic) bond motifs is 4. The van der Waals surface area contributed by atoms with Crippen molar-refractivity contribution < 1.29 is 0 Å². The second-order valence-corrected chi connectivity index (χ2v) is 7.81. The predicted octanol–water partition coefficient (Wildman–Crippen LogP) is 7.68. The van der Waals surface area contributed by atoms with Crippen LogP contribution in [-0.4, -0.2) is 4.57 Å². The third-order valence-electron chi connectivity index (χ3n) is 6.30. The fourth-order valence-electron chi connectivity index (χ4n) is 5.12. The molecule has 0 amide bonds. The van der Waals surface area contributed by atoms with Crippen molar-refractivity contribution >= 4 is 54.1 Å². The highest BCUT2D eigenvalue weighted by molar-refractivity contribution is 6.32. The zero-order chi connectivity index (χ0) is 18.9. The Balaban J connectivity index is 1.81. The molecule has 0 aliphatic carbocycles. The maximum Gasteiger partial charge on any atom is 0.0553 e. The molecule has 0 fully saturated rings. The van der Waals surface area contributed by atoms with Gasteiger partial charge < -0.3 is 4.57 Å². The fourth-order valence-corrected chi connectivity index (χ4v) is 5.12. The van der Waals surface area contributed by atoms with Crippen LogP contribution in [0.5, 0.6) is 0 Å². The van der Waals surface area contributed by atoms with E-state index in [1.807, 2.05) is 0 Å². The predicted molar refractivity (Wildman–Crippen MR) is 124 cm³/mol. The Morgan fingerprint density at radius 2 is 1.14 bits per heavy atom. The molecule has 0 unspecified atom stereocenters. The van der Waals surface area contributed by atoms with E-state index in [9.17, 15) is 0 Å². The van der Waals surface area contributed by atoms with Crippen molar-refractivity contribution in [1.82, 2.24) is 4.57 Å². The topological polar surface area (TPSA) is 4.93 Å². The molecule has 134 valence electrons. The Hall–Kier alpha value is -3.84. The van der Waals surface area contributed by atoms with Crippen LogP contribution < -0.4 is 0 Å². The van der Waals surface area contributed by atoms with Crippen LogP contribution in [0.1, 0.15) is 0 Å². The summed E-state index contributed by atoms with van der Waals surface area (Å²) in [4.78, 5) is 0. The highest BCUT2D eigenvalue weighted by Gasteiger charge is 2.17. The smallest absolute Gasteiger partial charge is 0.0553 e. The molecule has 7 aromatic rings. The van der Waals surface area contributed by atoms with Crippen molar-refractivity contribution in [2.75, 3.05) is 0 Å². The van der Waals surface area contributed by atoms with Gasteiger partial charge >= 0.3 is 0 Å². The van der Waals surface area contributed by atoms with Gasteiger partial charge in [0.15, 0.2) is 0 Å². The van der Waals surface area contributed by atoms with Crippen molar-refractivity contribution in [2.45, 2.75) is 0 Å². The Labute approximate surface area is 167 Å². The molecule has 0 saturated carbocycles. The third kappa shape index (κ3) is 1.89. The molecule has 0 bridgehead atoms. The lowest BCUT2D eigenvalue weighted by atomic mass is 9.92. The maximum absolute atomic E-state index is 2.40. The lowest BCUT2D eigenvalue weighted by Crippen LogP contribution is -1.93. The lowest BCUT2D eigenvalue weighted by Gasteiger charge is -2.13. The van der Waals surface area contributed by atoms with Gasteiger partial charge in [0.25, 0.3) is 0 Å². The fraction of sp³-hybridized carbons (Fsp3) is 0. The summed E-state index contributed by atoms with van der Waals surface area (Å²) in [6.07, 6.45) is 0. The van der Waals surface area contributed by atoms with Gasteiger partial charge in [-0.05, 0) is 56.6 Å². The van der Waals surface area contributed by atoms with Crippen LogP contribution in [0.3, 0.4) is 0 Å². The Morgan fingerprint density at radius 3 is 2.00 bits per heavy atom. The number of hydrogen-bond acceptors (Lipinski definition) is 0. The van der Waals surface area contributed by atoms with Gasteiger partial charge in [0.1, 0.15) is 0 Å². The molecule has 0 spiro atoms. The van der Waals surface area contributed by atoms with E-state index in [1.165, 1.54) is 59.8 Å². The van der Waals surface area contributed by atoms with Crippen molar-refractivity contribution in [3.8, 4) is 5.69 Å². The van der Waals surface area contributed by atoms with Crippen LogP contribution in [-0.2, 0) is 0 Å². The monoisotopic (exact) mass is 367 g/mol. The van der Waals surface area contributed by atoms with Gasteiger partial charge in [-0.25, -0.2) is 0 Å². The van der Waals surface area contributed by atoms with Gasteiger partial charge in [-0.3, -0.25) is 0 Å². The molecule has 0 atom stereocenters. The summed E-state index contributed by atoms with van der Waals surface area (Å²) in [6, 6.07) is 37.5. The minimum Gasteiger partial charge on any atom is -0.309 e. The normalized spacial score (nSPS) is 12.1. The average Bonchev–Trinajstić information content (AvgIpc) is 3.12. The molecule has 29 heavy (non-hydrogen) atoms. The van der Waals surface area contributed by atoms with Crippen LogP contribution in [0.25, 0.3) is 59.8 Å². The average molecular weight is 367 g/mol. The van der Waals surface area contributed by atoms with Crippen LogP contribution >= 0.6 is 0 Å². The molecular formula is C28H17N. The van der Waals surface area contributed by atoms with Crippen molar-refractivity contribution in [2.24, 2.45) is 0 Å². The standard InChI is InChI=1S/C28H17N/c1-2-9-21(10-3-1)29-24-12-5-4-11-22(24)28-23-16-15-19-8-6-7-18-13-14-20(17-25(28)29)27(23)26(18)19/h1-17H. The molecule has 0 aliphatic heterocycles. The molecule has 0 saturated heterocycles. The third-order valence-corrected chi connectivity index (χ3v) is 6.30. The summed E-state index contributed by atoms with van der Waals surface area (Å²) < 4.78 is 2.40. The van der Waals surface area contributed by atoms with E-state index in [4.69, 9.17) is 0 Å². The van der Waals surface area contributed by atoms with Gasteiger partial charge in [-0.15, -0.1) is 0 Å². The van der Waals surface area contributed by atoms with Crippen LogP contribution in [0.2, 0.25) is 0 Å². The van der Waals surface area contributed by atoms with Crippen molar-refractivity contribution in [1.29, 1.82) is 0 Å². The van der Waals surface area contributed by atoms with Crippen molar-refractivity contribution in [3.05, 3.63) is 103 Å². The molecule has 0 aliphatic rings. The van der Waals surface area contributed by atoms with Gasteiger partial charge in [0.05, 0.1) is 11.0 Å². The quantitative estimate of drug-likeness (QED) is 0.262. The summed E-state index contributed by atoms with van der Waals surface area (Å²) in [6.45, 7) is 0. The Morgan fingerprint density at radius 1 is 0.414 bits per heavy atom. The first-order valence-electron chi connectivity index (χ1n) is 10.1. The number of para-hydroxylation sites is 2. The lowest BCUT2D eigenvalue weighted by molar-refractivity contribution is 1.18. The largest absolute Gasteiger partial charge is 0.309 e. The van der Waals surface area contributed by atoms with E-state index in [1.54, 1.807) is 0 Å². The second kappa shape index (κ2) is 5.36. The molecular weight excluding hydrogens is 350 g/mol. The van der Waals surface area contributed by atoms with Gasteiger partial charge in [-0.2, -0.15) is 0 Å². The summed E-state index contributed by atoms with van der Waals surface area (Å²) in [7, 11) is 0. The van der Waals surface area contributed by atoms with Crippen molar-refractivity contribution in [3.63, 3.8) is 0 Å². The summed E-state index contributed by atoms with van der Waals surface area (Å²) in [5, 5.41) is 10.7. The first-order valence-corrected chi connectivity index (χ1v) is 10.1. The molecule has 0 radical (unpaired) electrons. The number of aromatic nitrogens is 1. The molecule has 1 heteroatoms. The van der Waals surface area contributed by atoms with Crippen LogP contribution in [0.4, 0.5) is 0 Å². The Bertz CT molecular complexity index is 1670. The van der Waals surface area contributed by atoms with Gasteiger partial charge in [-0.1, -0.05) is 78.9 Å².